The minimum atomic E-state index is -4.60. The first-order valence-corrected chi connectivity index (χ1v) is 17.9. The number of nitrogens with one attached hydrogen (secondary N) is 3. The lowest BCUT2D eigenvalue weighted by Crippen LogP contribution is -2.66. The van der Waals surface area contributed by atoms with Crippen LogP contribution < -0.4 is 21.1 Å². The highest BCUT2D eigenvalue weighted by Gasteiger charge is 2.57. The molecule has 0 radical (unpaired) electrons. The van der Waals surface area contributed by atoms with Crippen molar-refractivity contribution in [1.29, 1.82) is 0 Å². The highest BCUT2D eigenvalue weighted by Crippen LogP contribution is 2.40. The lowest BCUT2D eigenvalue weighted by molar-refractivity contribution is -1.02. The summed E-state index contributed by atoms with van der Waals surface area (Å²) < 4.78 is 40.8. The van der Waals surface area contributed by atoms with Crippen molar-refractivity contribution in [3.05, 3.63) is 127 Å². The molecule has 0 aromatic heterocycles. The Bertz CT molecular complexity index is 1970. The van der Waals surface area contributed by atoms with Crippen LogP contribution in [0.3, 0.4) is 0 Å². The van der Waals surface area contributed by atoms with Gasteiger partial charge in [-0.1, -0.05) is 53.0 Å². The Kier molecular flexibility index (Phi) is 9.62. The number of halogens is 6. The van der Waals surface area contributed by atoms with Crippen LogP contribution in [0.25, 0.3) is 0 Å². The van der Waals surface area contributed by atoms with E-state index in [1.807, 2.05) is 26.0 Å². The summed E-state index contributed by atoms with van der Waals surface area (Å²) in [6.07, 6.45) is -2.92. The maximum Gasteiger partial charge on any atom is 0.417 e. The van der Waals surface area contributed by atoms with Crippen molar-refractivity contribution >= 4 is 57.8 Å². The van der Waals surface area contributed by atoms with Gasteiger partial charge in [0.15, 0.2) is 11.3 Å². The molecule has 1 amide bonds. The fraction of sp³-hybridized carbons (Fsp3) is 0.316. The van der Waals surface area contributed by atoms with Crippen LogP contribution in [-0.4, -0.2) is 34.8 Å². The number of hydrogen-bond donors (Lipinski definition) is 3. The summed E-state index contributed by atoms with van der Waals surface area (Å²) in [4.78, 5) is 16.9. The second-order valence-electron chi connectivity index (χ2n) is 13.9. The van der Waals surface area contributed by atoms with E-state index in [2.05, 4.69) is 40.4 Å². The van der Waals surface area contributed by atoms with Crippen molar-refractivity contribution in [1.82, 2.24) is 16.2 Å². The molecule has 3 aliphatic rings. The van der Waals surface area contributed by atoms with Crippen LogP contribution in [0.4, 0.5) is 24.5 Å². The number of fused-ring (bicyclic) bond motifs is 2. The third-order valence-electron chi connectivity index (χ3n) is 10.2. The Hall–Kier alpha value is -3.64. The highest BCUT2D eigenvalue weighted by atomic mass is 35.5. The van der Waals surface area contributed by atoms with Crippen molar-refractivity contribution in [2.75, 3.05) is 18.0 Å². The van der Waals surface area contributed by atoms with Crippen LogP contribution in [0.15, 0.2) is 77.9 Å². The molecule has 1 atom stereocenters. The number of carbonyl (C=O) groups excluding carboxylic acids is 1. The van der Waals surface area contributed by atoms with E-state index >= 15 is 4.79 Å². The van der Waals surface area contributed by atoms with Crippen LogP contribution in [0.1, 0.15) is 52.8 Å². The van der Waals surface area contributed by atoms with Crippen LogP contribution in [0, 0.1) is 0 Å². The van der Waals surface area contributed by atoms with E-state index in [4.69, 9.17) is 39.9 Å². The molecular formula is C38H37Cl3F3N6O+. The molecule has 7 rings (SSSR count). The van der Waals surface area contributed by atoms with Crippen LogP contribution in [0.2, 0.25) is 15.1 Å². The quantitative estimate of drug-likeness (QED) is 0.166. The number of quaternary nitrogens is 1. The minimum absolute atomic E-state index is 0.0635. The minimum Gasteiger partial charge on any atom is -0.312 e. The molecule has 3 aliphatic heterocycles. The smallest absolute Gasteiger partial charge is 0.312 e. The Labute approximate surface area is 309 Å². The molecule has 51 heavy (non-hydrogen) atoms. The third kappa shape index (κ3) is 6.98. The van der Waals surface area contributed by atoms with Gasteiger partial charge in [0.1, 0.15) is 13.1 Å². The SMILES string of the molecule is CC1(C)C(C(=O)N(c2ccc3c(c2)CCNC3)c2ccc3c(c2)CCNC3)=NN[N+]1(Cc1cc(Cl)cc(Cl)c1)Cc1ccc(C(F)(F)F)c(Cl)c1. The van der Waals surface area contributed by atoms with Crippen LogP contribution in [-0.2, 0) is 50.0 Å². The van der Waals surface area contributed by atoms with E-state index in [9.17, 15) is 13.2 Å². The van der Waals surface area contributed by atoms with Crippen molar-refractivity contribution in [2.45, 2.75) is 64.6 Å². The lowest BCUT2D eigenvalue weighted by atomic mass is 9.91. The maximum atomic E-state index is 15.1. The van der Waals surface area contributed by atoms with Gasteiger partial charge in [0.25, 0.3) is 5.91 Å². The number of alkyl halides is 3. The molecule has 0 bridgehead atoms. The predicted octanol–water partition coefficient (Wildman–Crippen LogP) is 8.49. The third-order valence-corrected chi connectivity index (χ3v) is 11.0. The molecule has 3 N–H and O–H groups in total. The van der Waals surface area contributed by atoms with E-state index in [1.54, 1.807) is 23.1 Å². The zero-order valence-electron chi connectivity index (χ0n) is 28.1. The van der Waals surface area contributed by atoms with Gasteiger partial charge in [0.05, 0.1) is 10.6 Å². The molecule has 4 aromatic rings. The summed E-state index contributed by atoms with van der Waals surface area (Å²) in [6, 6.07) is 21.2. The molecule has 7 nitrogen and oxygen atoms in total. The van der Waals surface area contributed by atoms with Crippen LogP contribution in [0.5, 0.6) is 0 Å². The van der Waals surface area contributed by atoms with Gasteiger partial charge in [0.2, 0.25) is 0 Å². The summed E-state index contributed by atoms with van der Waals surface area (Å²) >= 11 is 19.0. The molecular weight excluding hydrogens is 720 g/mol. The highest BCUT2D eigenvalue weighted by molar-refractivity contribution is 6.47. The maximum absolute atomic E-state index is 15.1. The molecule has 0 aliphatic carbocycles. The lowest BCUT2D eigenvalue weighted by Gasteiger charge is -2.43. The average Bonchev–Trinajstić information content (AvgIpc) is 3.32. The van der Waals surface area contributed by atoms with Crippen molar-refractivity contribution in [2.24, 2.45) is 5.10 Å². The predicted molar refractivity (Wildman–Crippen MR) is 196 cm³/mol. The van der Waals surface area contributed by atoms with Gasteiger partial charge in [0, 0.05) is 45.6 Å². The summed E-state index contributed by atoms with van der Waals surface area (Å²) in [7, 11) is 0. The largest absolute Gasteiger partial charge is 0.417 e. The van der Waals surface area contributed by atoms with Gasteiger partial charge in [-0.2, -0.15) is 23.3 Å². The molecule has 4 aromatic carbocycles. The number of hydrogen-bond acceptors (Lipinski definition) is 5. The fourth-order valence-corrected chi connectivity index (χ4v) is 8.23. The molecule has 0 saturated heterocycles. The Morgan fingerprint density at radius 1 is 0.784 bits per heavy atom. The molecule has 3 heterocycles. The molecule has 1 unspecified atom stereocenters. The normalized spacial score (nSPS) is 19.5. The van der Waals surface area contributed by atoms with Gasteiger partial charge in [-0.05, 0) is 117 Å². The van der Waals surface area contributed by atoms with Crippen molar-refractivity contribution < 1.29 is 22.6 Å². The van der Waals surface area contributed by atoms with E-state index in [0.717, 1.165) is 62.0 Å². The standard InChI is InChI=1S/C38H36Cl3F3N6O/c1-37(2)35(36(51)49(31-6-4-27-19-45-11-9-25(27)16-31)32-7-5-28-20-46-12-10-26(28)17-32)47-48-50(37,22-24-13-29(39)18-30(40)14-24)21-23-3-8-33(34(41)15-23)38(42,43)44/h3-8,13-18,45-46H,9-12,19-22H2,1-2H3/p+1. The van der Waals surface area contributed by atoms with E-state index < -0.39 is 22.3 Å². The van der Waals surface area contributed by atoms with Crippen molar-refractivity contribution in [3.63, 3.8) is 0 Å². The van der Waals surface area contributed by atoms with Crippen LogP contribution >= 0.6 is 34.8 Å². The topological polar surface area (TPSA) is 68.8 Å². The average molecular weight is 757 g/mol. The number of carbonyl (C=O) groups is 1. The molecule has 13 heteroatoms. The first-order valence-electron chi connectivity index (χ1n) is 16.8. The van der Waals surface area contributed by atoms with Gasteiger partial charge < -0.3 is 10.6 Å². The second-order valence-corrected chi connectivity index (χ2v) is 15.2. The summed E-state index contributed by atoms with van der Waals surface area (Å²) in [5.41, 5.74) is 9.05. The van der Waals surface area contributed by atoms with Crippen molar-refractivity contribution in [3.8, 4) is 0 Å². The molecule has 266 valence electrons. The fourth-order valence-electron chi connectivity index (χ4n) is 7.35. The van der Waals surface area contributed by atoms with Gasteiger partial charge in [-0.3, -0.25) is 9.69 Å². The van der Waals surface area contributed by atoms with E-state index in [1.165, 1.54) is 34.4 Å². The first-order chi connectivity index (χ1) is 24.2. The number of anilines is 2. The monoisotopic (exact) mass is 755 g/mol. The number of benzene rings is 4. The van der Waals surface area contributed by atoms with Gasteiger partial charge in [-0.15, -0.1) is 5.10 Å². The second kappa shape index (κ2) is 13.7. The Morgan fingerprint density at radius 3 is 1.90 bits per heavy atom. The zero-order chi connectivity index (χ0) is 36.1. The Morgan fingerprint density at radius 2 is 1.35 bits per heavy atom. The summed E-state index contributed by atoms with van der Waals surface area (Å²) in [6.45, 7) is 7.42. The molecule has 0 spiro atoms. The first kappa shape index (κ1) is 35.7. The summed E-state index contributed by atoms with van der Waals surface area (Å²) in [5.74, 6) is -0.315. The van der Waals surface area contributed by atoms with Gasteiger partial charge >= 0.3 is 6.18 Å². The molecule has 0 fully saturated rings. The van der Waals surface area contributed by atoms with Gasteiger partial charge in [-0.25, -0.2) is 0 Å². The number of nitrogens with zero attached hydrogens (tertiary/aromatic N) is 3. The number of rotatable bonds is 7. The zero-order valence-corrected chi connectivity index (χ0v) is 30.4. The number of hydrazone groups is 1. The van der Waals surface area contributed by atoms with E-state index in [0.29, 0.717) is 15.6 Å². The summed E-state index contributed by atoms with van der Waals surface area (Å²) in [5, 5.41) is 12.0. The Balaban J connectivity index is 1.31. The van der Waals surface area contributed by atoms with E-state index in [-0.39, 0.29) is 29.3 Å². The molecule has 0 saturated carbocycles. The number of amides is 1.